The maximum Gasteiger partial charge on any atom is 0.303 e. The zero-order valence-corrected chi connectivity index (χ0v) is 10.3. The van der Waals surface area contributed by atoms with Gasteiger partial charge in [0.05, 0.1) is 0 Å². The molecule has 0 bridgehead atoms. The molecule has 4 nitrogen and oxygen atoms in total. The van der Waals surface area contributed by atoms with Crippen molar-refractivity contribution in [3.05, 3.63) is 30.1 Å². The van der Waals surface area contributed by atoms with Crippen molar-refractivity contribution in [1.29, 1.82) is 0 Å². The van der Waals surface area contributed by atoms with E-state index in [0.29, 0.717) is 0 Å². The third-order valence-corrected chi connectivity index (χ3v) is 2.71. The van der Waals surface area contributed by atoms with Crippen LogP contribution < -0.4 is 0 Å². The Morgan fingerprint density at radius 2 is 2.00 bits per heavy atom. The number of aliphatic carboxylic acids is 1. The van der Waals surface area contributed by atoms with Crippen molar-refractivity contribution in [2.45, 2.75) is 25.7 Å². The molecule has 0 aliphatic carbocycles. The molecule has 0 saturated heterocycles. The molecule has 0 amide bonds. The SMILES string of the molecule is CN(CCCCC(=O)O)CCc1ccncc1. The fourth-order valence-electron chi connectivity index (χ4n) is 1.64. The number of hydrogen-bond donors (Lipinski definition) is 1. The molecular formula is C13H20N2O2. The van der Waals surface area contributed by atoms with Gasteiger partial charge >= 0.3 is 5.97 Å². The first-order valence-electron chi connectivity index (χ1n) is 5.97. The zero-order valence-electron chi connectivity index (χ0n) is 10.3. The Morgan fingerprint density at radius 3 is 2.65 bits per heavy atom. The molecule has 1 rings (SSSR count). The molecule has 0 saturated carbocycles. The van der Waals surface area contributed by atoms with Crippen molar-refractivity contribution in [2.24, 2.45) is 0 Å². The van der Waals surface area contributed by atoms with Gasteiger partial charge in [-0.05, 0) is 50.6 Å². The topological polar surface area (TPSA) is 53.4 Å². The number of pyridine rings is 1. The summed E-state index contributed by atoms with van der Waals surface area (Å²) in [7, 11) is 2.07. The van der Waals surface area contributed by atoms with Gasteiger partial charge in [-0.15, -0.1) is 0 Å². The van der Waals surface area contributed by atoms with Crippen LogP contribution in [0.1, 0.15) is 24.8 Å². The van der Waals surface area contributed by atoms with Crippen LogP contribution in [0.5, 0.6) is 0 Å². The lowest BCUT2D eigenvalue weighted by atomic mass is 10.2. The first kappa shape index (κ1) is 13.6. The molecule has 4 heteroatoms. The maximum atomic E-state index is 10.3. The van der Waals surface area contributed by atoms with Crippen molar-refractivity contribution in [3.8, 4) is 0 Å². The summed E-state index contributed by atoms with van der Waals surface area (Å²) in [6.45, 7) is 1.95. The first-order valence-corrected chi connectivity index (χ1v) is 5.97. The number of unbranched alkanes of at least 4 members (excludes halogenated alkanes) is 1. The second-order valence-electron chi connectivity index (χ2n) is 4.26. The predicted molar refractivity (Wildman–Crippen MR) is 66.9 cm³/mol. The lowest BCUT2D eigenvalue weighted by Crippen LogP contribution is -2.22. The lowest BCUT2D eigenvalue weighted by Gasteiger charge is -2.15. The third kappa shape index (κ3) is 6.68. The van der Waals surface area contributed by atoms with Gasteiger partial charge in [0.2, 0.25) is 0 Å². The van der Waals surface area contributed by atoms with Gasteiger partial charge in [0, 0.05) is 25.4 Å². The molecule has 1 aromatic rings. The van der Waals surface area contributed by atoms with E-state index >= 15 is 0 Å². The smallest absolute Gasteiger partial charge is 0.303 e. The van der Waals surface area contributed by atoms with E-state index in [4.69, 9.17) is 5.11 Å². The van der Waals surface area contributed by atoms with Gasteiger partial charge in [-0.25, -0.2) is 0 Å². The molecule has 0 radical (unpaired) electrons. The van der Waals surface area contributed by atoms with E-state index in [2.05, 4.69) is 16.9 Å². The molecule has 0 aliphatic heterocycles. The molecule has 1 aromatic heterocycles. The molecule has 0 atom stereocenters. The predicted octanol–water partition coefficient (Wildman–Crippen LogP) is 1.81. The molecular weight excluding hydrogens is 216 g/mol. The monoisotopic (exact) mass is 236 g/mol. The third-order valence-electron chi connectivity index (χ3n) is 2.71. The minimum absolute atomic E-state index is 0.276. The van der Waals surface area contributed by atoms with Crippen LogP contribution in [0.25, 0.3) is 0 Å². The van der Waals surface area contributed by atoms with Gasteiger partial charge in [0.15, 0.2) is 0 Å². The number of carboxylic acid groups (broad SMARTS) is 1. The molecule has 0 aromatic carbocycles. The second-order valence-corrected chi connectivity index (χ2v) is 4.26. The standard InChI is InChI=1S/C13H20N2O2/c1-15(10-3-2-4-13(16)17)11-7-12-5-8-14-9-6-12/h5-6,8-9H,2-4,7,10-11H2,1H3,(H,16,17). The Hall–Kier alpha value is -1.42. The van der Waals surface area contributed by atoms with Crippen LogP contribution in [0, 0.1) is 0 Å². The van der Waals surface area contributed by atoms with Crippen molar-refractivity contribution < 1.29 is 9.90 Å². The van der Waals surface area contributed by atoms with E-state index in [1.54, 1.807) is 0 Å². The highest BCUT2D eigenvalue weighted by atomic mass is 16.4. The largest absolute Gasteiger partial charge is 0.481 e. The average molecular weight is 236 g/mol. The first-order chi connectivity index (χ1) is 8.18. The number of rotatable bonds is 8. The highest BCUT2D eigenvalue weighted by molar-refractivity contribution is 5.66. The van der Waals surface area contributed by atoms with Gasteiger partial charge < -0.3 is 10.0 Å². The van der Waals surface area contributed by atoms with Crippen LogP contribution in [-0.4, -0.2) is 41.1 Å². The van der Waals surface area contributed by atoms with Gasteiger partial charge in [0.25, 0.3) is 0 Å². The number of carbonyl (C=O) groups is 1. The van der Waals surface area contributed by atoms with Crippen molar-refractivity contribution in [3.63, 3.8) is 0 Å². The molecule has 0 unspecified atom stereocenters. The number of hydrogen-bond acceptors (Lipinski definition) is 3. The molecule has 17 heavy (non-hydrogen) atoms. The van der Waals surface area contributed by atoms with E-state index < -0.39 is 5.97 Å². The van der Waals surface area contributed by atoms with Crippen molar-refractivity contribution in [1.82, 2.24) is 9.88 Å². The Kier molecular flexibility index (Phi) is 6.25. The molecule has 0 aliphatic rings. The van der Waals surface area contributed by atoms with Crippen LogP contribution in [-0.2, 0) is 11.2 Å². The summed E-state index contributed by atoms with van der Waals surface area (Å²) >= 11 is 0. The van der Waals surface area contributed by atoms with Crippen molar-refractivity contribution in [2.75, 3.05) is 20.1 Å². The molecule has 94 valence electrons. The van der Waals surface area contributed by atoms with Crippen LogP contribution in [0.2, 0.25) is 0 Å². The summed E-state index contributed by atoms with van der Waals surface area (Å²) in [6, 6.07) is 4.05. The van der Waals surface area contributed by atoms with E-state index in [0.717, 1.165) is 32.4 Å². The number of likely N-dealkylation sites (N-methyl/N-ethyl adjacent to an activating group) is 1. The van der Waals surface area contributed by atoms with Crippen LogP contribution in [0.4, 0.5) is 0 Å². The van der Waals surface area contributed by atoms with Crippen LogP contribution >= 0.6 is 0 Å². The summed E-state index contributed by atoms with van der Waals surface area (Å²) in [5.74, 6) is -0.704. The Morgan fingerprint density at radius 1 is 1.29 bits per heavy atom. The zero-order chi connectivity index (χ0) is 12.5. The van der Waals surface area contributed by atoms with Gasteiger partial charge in [-0.2, -0.15) is 0 Å². The number of carboxylic acids is 1. The summed E-state index contributed by atoms with van der Waals surface area (Å²) in [4.78, 5) is 16.6. The summed E-state index contributed by atoms with van der Waals surface area (Å²) in [5, 5.41) is 8.51. The Balaban J connectivity index is 2.09. The Labute approximate surface area is 102 Å². The normalized spacial score (nSPS) is 10.7. The van der Waals surface area contributed by atoms with E-state index in [1.807, 2.05) is 24.5 Å². The van der Waals surface area contributed by atoms with Gasteiger partial charge in [-0.3, -0.25) is 9.78 Å². The van der Waals surface area contributed by atoms with Crippen molar-refractivity contribution >= 4 is 5.97 Å². The van der Waals surface area contributed by atoms with Gasteiger partial charge in [0.1, 0.15) is 0 Å². The van der Waals surface area contributed by atoms with Crippen LogP contribution in [0.3, 0.4) is 0 Å². The number of aromatic nitrogens is 1. The van der Waals surface area contributed by atoms with E-state index in [9.17, 15) is 4.79 Å². The summed E-state index contributed by atoms with van der Waals surface area (Å²) < 4.78 is 0. The molecule has 1 N–H and O–H groups in total. The fraction of sp³-hybridized carbons (Fsp3) is 0.538. The Bertz CT molecular complexity index is 327. The highest BCUT2D eigenvalue weighted by Crippen LogP contribution is 2.01. The van der Waals surface area contributed by atoms with Crippen LogP contribution in [0.15, 0.2) is 24.5 Å². The van der Waals surface area contributed by atoms with Gasteiger partial charge in [-0.1, -0.05) is 0 Å². The summed E-state index contributed by atoms with van der Waals surface area (Å²) in [6.07, 6.45) is 6.61. The molecule has 0 fully saturated rings. The molecule has 0 spiro atoms. The fourth-order valence-corrected chi connectivity index (χ4v) is 1.64. The minimum atomic E-state index is -0.704. The van der Waals surface area contributed by atoms with E-state index in [1.165, 1.54) is 5.56 Å². The quantitative estimate of drug-likeness (QED) is 0.699. The average Bonchev–Trinajstić information content (AvgIpc) is 2.33. The number of nitrogens with zero attached hydrogens (tertiary/aromatic N) is 2. The molecule has 1 heterocycles. The second kappa shape index (κ2) is 7.79. The maximum absolute atomic E-state index is 10.3. The highest BCUT2D eigenvalue weighted by Gasteiger charge is 2.01. The summed E-state index contributed by atoms with van der Waals surface area (Å²) in [5.41, 5.74) is 1.29. The van der Waals surface area contributed by atoms with E-state index in [-0.39, 0.29) is 6.42 Å². The lowest BCUT2D eigenvalue weighted by molar-refractivity contribution is -0.137. The minimum Gasteiger partial charge on any atom is -0.481 e.